The summed E-state index contributed by atoms with van der Waals surface area (Å²) < 4.78 is 0. The molecule has 2 fully saturated rings. The average molecular weight is 240 g/mol. The summed E-state index contributed by atoms with van der Waals surface area (Å²) in [6.45, 7) is 0. The molecule has 2 saturated carbocycles. The van der Waals surface area contributed by atoms with Gasteiger partial charge in [-0.2, -0.15) is 0 Å². The van der Waals surface area contributed by atoms with Crippen molar-refractivity contribution in [2.24, 2.45) is 11.8 Å². The Morgan fingerprint density at radius 2 is 2.00 bits per heavy atom. The Balaban J connectivity index is 1.80. The molecule has 1 heteroatoms. The first-order chi connectivity index (χ1) is 8.79. The van der Waals surface area contributed by atoms with E-state index in [-0.39, 0.29) is 0 Å². The Labute approximate surface area is 109 Å². The van der Waals surface area contributed by atoms with Crippen LogP contribution >= 0.6 is 0 Å². The molecular weight excluding hydrogens is 220 g/mol. The second-order valence-electron chi connectivity index (χ2n) is 6.28. The summed E-state index contributed by atoms with van der Waals surface area (Å²) in [7, 11) is 0. The normalized spacial score (nSPS) is 41.1. The van der Waals surface area contributed by atoms with Crippen LogP contribution in [0.25, 0.3) is 6.08 Å². The van der Waals surface area contributed by atoms with Crippen LogP contribution in [0.1, 0.15) is 49.1 Å². The molecule has 0 amide bonds. The van der Waals surface area contributed by atoms with Crippen LogP contribution in [-0.2, 0) is 0 Å². The molecular formula is C17H20O. The van der Waals surface area contributed by atoms with Crippen LogP contribution in [0.2, 0.25) is 0 Å². The van der Waals surface area contributed by atoms with Crippen molar-refractivity contribution in [1.29, 1.82) is 0 Å². The van der Waals surface area contributed by atoms with Gasteiger partial charge in [0.15, 0.2) is 0 Å². The van der Waals surface area contributed by atoms with Crippen molar-refractivity contribution >= 4 is 6.08 Å². The van der Waals surface area contributed by atoms with Gasteiger partial charge in [0.1, 0.15) is 0 Å². The molecule has 1 aromatic carbocycles. The molecule has 1 aromatic rings. The first kappa shape index (κ1) is 10.8. The molecule has 0 unspecified atom stereocenters. The highest BCUT2D eigenvalue weighted by Crippen LogP contribution is 2.56. The Morgan fingerprint density at radius 1 is 1.11 bits per heavy atom. The largest absolute Gasteiger partial charge is 0.389 e. The smallest absolute Gasteiger partial charge is 0.0744 e. The van der Waals surface area contributed by atoms with Crippen LogP contribution in [0.4, 0.5) is 0 Å². The van der Waals surface area contributed by atoms with E-state index in [0.717, 1.165) is 6.42 Å². The van der Waals surface area contributed by atoms with Crippen molar-refractivity contribution < 1.29 is 5.11 Å². The highest BCUT2D eigenvalue weighted by atomic mass is 16.3. The molecule has 0 heterocycles. The lowest BCUT2D eigenvalue weighted by molar-refractivity contribution is -0.0679. The molecule has 94 valence electrons. The molecule has 0 spiro atoms. The van der Waals surface area contributed by atoms with E-state index in [9.17, 15) is 5.11 Å². The quantitative estimate of drug-likeness (QED) is 0.732. The molecule has 3 aliphatic carbocycles. The summed E-state index contributed by atoms with van der Waals surface area (Å²) in [5, 5.41) is 11.1. The molecule has 0 aromatic heterocycles. The van der Waals surface area contributed by atoms with Gasteiger partial charge in [-0.25, -0.2) is 0 Å². The minimum Gasteiger partial charge on any atom is -0.389 e. The molecule has 1 N–H and O–H groups in total. The zero-order chi connectivity index (χ0) is 12.2. The standard InChI is InChI=1S/C17H20O/c18-17-11-3-5-13(17)8-9-15-14-6-2-1-4-12(14)7-10-16(15)17/h1-2,4,6-7,10,13,15-16,18H,3,5,8-9,11H2/t13-,15-,16+,17+/m0/s1. The molecule has 4 rings (SSSR count). The molecule has 3 aliphatic rings. The number of benzene rings is 1. The average Bonchev–Trinajstić information content (AvgIpc) is 2.80. The first-order valence-electron chi connectivity index (χ1n) is 7.28. The minimum absolute atomic E-state index is 0.355. The van der Waals surface area contributed by atoms with Gasteiger partial charge in [-0.15, -0.1) is 0 Å². The summed E-state index contributed by atoms with van der Waals surface area (Å²) in [4.78, 5) is 0. The van der Waals surface area contributed by atoms with E-state index < -0.39 is 5.60 Å². The van der Waals surface area contributed by atoms with E-state index in [1.165, 1.54) is 36.8 Å². The highest BCUT2D eigenvalue weighted by Gasteiger charge is 2.52. The third-order valence-corrected chi connectivity index (χ3v) is 5.55. The van der Waals surface area contributed by atoms with Gasteiger partial charge in [0.25, 0.3) is 0 Å². The van der Waals surface area contributed by atoms with Crippen molar-refractivity contribution in [1.82, 2.24) is 0 Å². The SMILES string of the molecule is O[C@]12CCC[C@H]1CC[C@H]1c3ccccc3C=C[C@H]12. The van der Waals surface area contributed by atoms with Gasteiger partial charge < -0.3 is 5.11 Å². The fraction of sp³-hybridized carbons (Fsp3) is 0.529. The molecule has 0 bridgehead atoms. The van der Waals surface area contributed by atoms with Crippen LogP contribution in [0.3, 0.4) is 0 Å². The highest BCUT2D eigenvalue weighted by molar-refractivity contribution is 5.59. The van der Waals surface area contributed by atoms with Crippen molar-refractivity contribution in [2.75, 3.05) is 0 Å². The van der Waals surface area contributed by atoms with Crippen molar-refractivity contribution in [3.8, 4) is 0 Å². The van der Waals surface area contributed by atoms with Crippen molar-refractivity contribution in [3.63, 3.8) is 0 Å². The zero-order valence-electron chi connectivity index (χ0n) is 10.7. The van der Waals surface area contributed by atoms with E-state index in [1.54, 1.807) is 0 Å². The third-order valence-electron chi connectivity index (χ3n) is 5.55. The van der Waals surface area contributed by atoms with Gasteiger partial charge in [0.2, 0.25) is 0 Å². The molecule has 18 heavy (non-hydrogen) atoms. The number of rotatable bonds is 0. The lowest BCUT2D eigenvalue weighted by Gasteiger charge is -2.47. The fourth-order valence-electron chi connectivity index (χ4n) is 4.68. The van der Waals surface area contributed by atoms with Gasteiger partial charge in [-0.05, 0) is 48.6 Å². The maximum absolute atomic E-state index is 11.1. The lowest BCUT2D eigenvalue weighted by Crippen LogP contribution is -2.47. The van der Waals surface area contributed by atoms with Crippen LogP contribution in [0.15, 0.2) is 30.3 Å². The van der Waals surface area contributed by atoms with E-state index in [2.05, 4.69) is 36.4 Å². The summed E-state index contributed by atoms with van der Waals surface area (Å²) in [5.74, 6) is 1.45. The van der Waals surface area contributed by atoms with Gasteiger partial charge in [-0.1, -0.05) is 42.8 Å². The number of aliphatic hydroxyl groups is 1. The summed E-state index contributed by atoms with van der Waals surface area (Å²) >= 11 is 0. The lowest BCUT2D eigenvalue weighted by atomic mass is 9.61. The monoisotopic (exact) mass is 240 g/mol. The van der Waals surface area contributed by atoms with Gasteiger partial charge >= 0.3 is 0 Å². The third kappa shape index (κ3) is 1.31. The number of fused-ring (bicyclic) bond motifs is 5. The first-order valence-corrected chi connectivity index (χ1v) is 7.28. The maximum atomic E-state index is 11.1. The molecule has 1 nitrogen and oxygen atoms in total. The summed E-state index contributed by atoms with van der Waals surface area (Å²) in [6.07, 6.45) is 10.4. The minimum atomic E-state index is -0.410. The molecule has 0 aliphatic heterocycles. The number of hydrogen-bond acceptors (Lipinski definition) is 1. The Morgan fingerprint density at radius 3 is 2.94 bits per heavy atom. The second kappa shape index (κ2) is 3.71. The second-order valence-corrected chi connectivity index (χ2v) is 6.28. The number of hydrogen-bond donors (Lipinski definition) is 1. The van der Waals surface area contributed by atoms with Crippen molar-refractivity contribution in [3.05, 3.63) is 41.5 Å². The molecule has 0 saturated heterocycles. The topological polar surface area (TPSA) is 20.2 Å². The van der Waals surface area contributed by atoms with Crippen LogP contribution in [0.5, 0.6) is 0 Å². The predicted octanol–water partition coefficient (Wildman–Crippen LogP) is 3.74. The van der Waals surface area contributed by atoms with E-state index >= 15 is 0 Å². The predicted molar refractivity (Wildman–Crippen MR) is 73.2 cm³/mol. The summed E-state index contributed by atoms with van der Waals surface area (Å²) in [6, 6.07) is 8.71. The van der Waals surface area contributed by atoms with Gasteiger partial charge in [0.05, 0.1) is 5.60 Å². The van der Waals surface area contributed by atoms with E-state index in [1.807, 2.05) is 0 Å². The van der Waals surface area contributed by atoms with Crippen LogP contribution in [0, 0.1) is 11.8 Å². The summed E-state index contributed by atoms with van der Waals surface area (Å²) in [5.41, 5.74) is 2.41. The molecule has 4 atom stereocenters. The Hall–Kier alpha value is -1.08. The van der Waals surface area contributed by atoms with Crippen LogP contribution < -0.4 is 0 Å². The Kier molecular flexibility index (Phi) is 2.23. The van der Waals surface area contributed by atoms with E-state index in [4.69, 9.17) is 0 Å². The van der Waals surface area contributed by atoms with Crippen molar-refractivity contribution in [2.45, 2.75) is 43.6 Å². The zero-order valence-corrected chi connectivity index (χ0v) is 10.7. The van der Waals surface area contributed by atoms with E-state index in [0.29, 0.717) is 17.8 Å². The van der Waals surface area contributed by atoms with Gasteiger partial charge in [-0.3, -0.25) is 0 Å². The molecule has 0 radical (unpaired) electrons. The van der Waals surface area contributed by atoms with Gasteiger partial charge in [0, 0.05) is 5.92 Å². The fourth-order valence-corrected chi connectivity index (χ4v) is 4.68. The Bertz CT molecular complexity index is 504. The maximum Gasteiger partial charge on any atom is 0.0744 e. The van der Waals surface area contributed by atoms with Crippen LogP contribution in [-0.4, -0.2) is 10.7 Å².